The molecule has 32 heavy (non-hydrogen) atoms. The normalized spacial score (nSPS) is 15.7. The Bertz CT molecular complexity index is 1310. The molecule has 8 heteroatoms. The van der Waals surface area contributed by atoms with Crippen LogP contribution >= 0.6 is 0 Å². The molecule has 2 aromatic carbocycles. The Balaban J connectivity index is 1.53. The number of hydrogen-bond donors (Lipinski definition) is 0. The van der Waals surface area contributed by atoms with Crippen molar-refractivity contribution in [2.24, 2.45) is 5.92 Å². The Morgan fingerprint density at radius 3 is 2.47 bits per heavy atom. The van der Waals surface area contributed by atoms with Gasteiger partial charge < -0.3 is 9.15 Å². The van der Waals surface area contributed by atoms with E-state index in [1.807, 2.05) is 30.3 Å². The second kappa shape index (κ2) is 8.88. The van der Waals surface area contributed by atoms with Crippen LogP contribution < -0.4 is 10.2 Å². The fourth-order valence-electron chi connectivity index (χ4n) is 4.04. The topological polar surface area (TPSA) is 93.9 Å². The molecule has 0 amide bonds. The summed E-state index contributed by atoms with van der Waals surface area (Å²) in [5.41, 5.74) is 1.50. The van der Waals surface area contributed by atoms with E-state index in [1.54, 1.807) is 32.0 Å². The van der Waals surface area contributed by atoms with Gasteiger partial charge in [-0.3, -0.25) is 9.59 Å². The molecule has 0 atom stereocenters. The van der Waals surface area contributed by atoms with Crippen LogP contribution in [0.25, 0.3) is 22.1 Å². The molecule has 168 valence electrons. The van der Waals surface area contributed by atoms with Crippen LogP contribution in [0.1, 0.15) is 25.5 Å². The standard InChI is InChI=1S/C24H25NO6S/c1-3-32(28,29)25-13-11-18(12-14-25)24(27)31-19-9-10-20-21(15-19)30-16(2)22(23(20)26)17-7-5-4-6-8-17/h4-10,15,18H,3,11-14H2,1-2H3. The minimum Gasteiger partial charge on any atom is -0.460 e. The molecule has 0 bridgehead atoms. The summed E-state index contributed by atoms with van der Waals surface area (Å²) in [6, 6.07) is 14.1. The molecule has 0 aliphatic carbocycles. The average Bonchev–Trinajstić information content (AvgIpc) is 2.79. The van der Waals surface area contributed by atoms with Gasteiger partial charge in [-0.2, -0.15) is 0 Å². The van der Waals surface area contributed by atoms with Crippen LogP contribution in [0, 0.1) is 12.8 Å². The summed E-state index contributed by atoms with van der Waals surface area (Å²) >= 11 is 0. The lowest BCUT2D eigenvalue weighted by atomic mass is 9.98. The van der Waals surface area contributed by atoms with Crippen molar-refractivity contribution >= 4 is 27.0 Å². The number of nitrogens with zero attached hydrogens (tertiary/aromatic N) is 1. The number of benzene rings is 2. The number of aryl methyl sites for hydroxylation is 1. The highest BCUT2D eigenvalue weighted by molar-refractivity contribution is 7.89. The van der Waals surface area contributed by atoms with Gasteiger partial charge in [0.25, 0.3) is 0 Å². The third-order valence-corrected chi connectivity index (χ3v) is 7.75. The molecule has 0 spiro atoms. The van der Waals surface area contributed by atoms with Crippen molar-refractivity contribution in [3.8, 4) is 16.9 Å². The highest BCUT2D eigenvalue weighted by atomic mass is 32.2. The molecular weight excluding hydrogens is 430 g/mol. The molecule has 0 N–H and O–H groups in total. The minimum absolute atomic E-state index is 0.0514. The van der Waals surface area contributed by atoms with Crippen LogP contribution in [0.3, 0.4) is 0 Å². The zero-order valence-electron chi connectivity index (χ0n) is 18.0. The van der Waals surface area contributed by atoms with Gasteiger partial charge in [0.2, 0.25) is 15.5 Å². The third-order valence-electron chi connectivity index (χ3n) is 5.87. The van der Waals surface area contributed by atoms with Gasteiger partial charge in [0.05, 0.1) is 22.6 Å². The number of carbonyl (C=O) groups is 1. The molecule has 1 aromatic heterocycles. The number of rotatable bonds is 5. The second-order valence-corrected chi connectivity index (χ2v) is 10.1. The van der Waals surface area contributed by atoms with Crippen LogP contribution in [0.2, 0.25) is 0 Å². The smallest absolute Gasteiger partial charge is 0.314 e. The minimum atomic E-state index is -3.25. The lowest BCUT2D eigenvalue weighted by Gasteiger charge is -2.29. The fraction of sp³-hybridized carbons (Fsp3) is 0.333. The molecule has 7 nitrogen and oxygen atoms in total. The van der Waals surface area contributed by atoms with Gasteiger partial charge in [0.15, 0.2) is 0 Å². The van der Waals surface area contributed by atoms with Crippen LogP contribution in [-0.2, 0) is 14.8 Å². The van der Waals surface area contributed by atoms with Crippen LogP contribution in [-0.4, -0.2) is 37.5 Å². The Labute approximate surface area is 186 Å². The molecule has 4 rings (SSSR count). The third kappa shape index (κ3) is 4.33. The maximum atomic E-state index is 13.0. The van der Waals surface area contributed by atoms with Gasteiger partial charge in [0, 0.05) is 19.2 Å². The molecule has 1 aliphatic heterocycles. The molecule has 0 unspecified atom stereocenters. The Morgan fingerprint density at radius 1 is 1.12 bits per heavy atom. The summed E-state index contributed by atoms with van der Waals surface area (Å²) in [6.45, 7) is 3.96. The first-order valence-electron chi connectivity index (χ1n) is 10.6. The van der Waals surface area contributed by atoms with E-state index < -0.39 is 16.0 Å². The van der Waals surface area contributed by atoms with Crippen molar-refractivity contribution in [2.75, 3.05) is 18.8 Å². The van der Waals surface area contributed by atoms with Crippen molar-refractivity contribution in [1.82, 2.24) is 4.31 Å². The van der Waals surface area contributed by atoms with Gasteiger partial charge in [0.1, 0.15) is 17.1 Å². The summed E-state index contributed by atoms with van der Waals surface area (Å²) in [5.74, 6) is 0.0550. The Morgan fingerprint density at radius 2 is 1.81 bits per heavy atom. The predicted molar refractivity (Wildman–Crippen MR) is 122 cm³/mol. The highest BCUT2D eigenvalue weighted by Gasteiger charge is 2.31. The number of piperidine rings is 1. The Hall–Kier alpha value is -2.97. The molecule has 1 aliphatic rings. The second-order valence-electron chi connectivity index (χ2n) is 7.88. The van der Waals surface area contributed by atoms with Crippen molar-refractivity contribution < 1.29 is 22.4 Å². The number of ether oxygens (including phenoxy) is 1. The van der Waals surface area contributed by atoms with E-state index in [1.165, 1.54) is 4.31 Å². The van der Waals surface area contributed by atoms with E-state index in [0.29, 0.717) is 54.0 Å². The molecular formula is C24H25NO6S. The Kier molecular flexibility index (Phi) is 6.17. The van der Waals surface area contributed by atoms with E-state index >= 15 is 0 Å². The predicted octanol–water partition coefficient (Wildman–Crippen LogP) is 3.74. The maximum Gasteiger partial charge on any atom is 0.314 e. The summed E-state index contributed by atoms with van der Waals surface area (Å²) in [5, 5.41) is 0.410. The van der Waals surface area contributed by atoms with Crippen molar-refractivity contribution in [1.29, 1.82) is 0 Å². The van der Waals surface area contributed by atoms with Gasteiger partial charge in [-0.1, -0.05) is 30.3 Å². The molecule has 0 saturated carbocycles. The number of sulfonamides is 1. The molecule has 2 heterocycles. The van der Waals surface area contributed by atoms with Crippen LogP contribution in [0.4, 0.5) is 0 Å². The summed E-state index contributed by atoms with van der Waals surface area (Å²) in [7, 11) is -3.25. The molecule has 0 radical (unpaired) electrons. The zero-order valence-corrected chi connectivity index (χ0v) is 18.9. The van der Waals surface area contributed by atoms with Gasteiger partial charge in [-0.05, 0) is 44.4 Å². The lowest BCUT2D eigenvalue weighted by molar-refractivity contribution is -0.140. The number of esters is 1. The lowest BCUT2D eigenvalue weighted by Crippen LogP contribution is -2.41. The zero-order chi connectivity index (χ0) is 22.9. The first kappa shape index (κ1) is 22.2. The first-order valence-corrected chi connectivity index (χ1v) is 12.2. The van der Waals surface area contributed by atoms with E-state index in [0.717, 1.165) is 5.56 Å². The quantitative estimate of drug-likeness (QED) is 0.430. The SMILES string of the molecule is CCS(=O)(=O)N1CCC(C(=O)Oc2ccc3c(=O)c(-c4ccccc4)c(C)oc3c2)CC1. The van der Waals surface area contributed by atoms with Crippen molar-refractivity contribution in [3.63, 3.8) is 0 Å². The molecule has 1 saturated heterocycles. The van der Waals surface area contributed by atoms with E-state index in [4.69, 9.17) is 9.15 Å². The van der Waals surface area contributed by atoms with E-state index in [2.05, 4.69) is 0 Å². The summed E-state index contributed by atoms with van der Waals surface area (Å²) in [4.78, 5) is 25.7. The van der Waals surface area contributed by atoms with E-state index in [9.17, 15) is 18.0 Å². The van der Waals surface area contributed by atoms with Crippen LogP contribution in [0.5, 0.6) is 5.75 Å². The van der Waals surface area contributed by atoms with Gasteiger partial charge >= 0.3 is 5.97 Å². The highest BCUT2D eigenvalue weighted by Crippen LogP contribution is 2.28. The van der Waals surface area contributed by atoms with E-state index in [-0.39, 0.29) is 17.1 Å². The largest absolute Gasteiger partial charge is 0.460 e. The number of carbonyl (C=O) groups excluding carboxylic acids is 1. The van der Waals surface area contributed by atoms with Gasteiger partial charge in [-0.15, -0.1) is 0 Å². The summed E-state index contributed by atoms with van der Waals surface area (Å²) < 4.78 is 36.8. The molecule has 1 fully saturated rings. The number of hydrogen-bond acceptors (Lipinski definition) is 6. The van der Waals surface area contributed by atoms with Crippen molar-refractivity contribution in [2.45, 2.75) is 26.7 Å². The fourth-order valence-corrected chi connectivity index (χ4v) is 5.17. The average molecular weight is 456 g/mol. The first-order chi connectivity index (χ1) is 15.3. The monoisotopic (exact) mass is 455 g/mol. The van der Waals surface area contributed by atoms with Crippen molar-refractivity contribution in [3.05, 3.63) is 64.5 Å². The summed E-state index contributed by atoms with van der Waals surface area (Å²) in [6.07, 6.45) is 0.834. The maximum absolute atomic E-state index is 13.0. The molecule has 3 aromatic rings. The number of fused-ring (bicyclic) bond motifs is 1. The van der Waals surface area contributed by atoms with Gasteiger partial charge in [-0.25, -0.2) is 12.7 Å². The van der Waals surface area contributed by atoms with Crippen LogP contribution in [0.15, 0.2) is 57.7 Å².